The van der Waals surface area contributed by atoms with E-state index in [2.05, 4.69) is 154 Å². The SMILES string of the molecule is CC1(C)OB(c2cccc3sc4ccc(N(c5ccc6ccccc6c5)c5ccc6ccccc6c5)cc4c23)OC1(C)C. The minimum absolute atomic E-state index is 0.403. The molecule has 1 fully saturated rings. The number of rotatable bonds is 4. The second-order valence-electron chi connectivity index (χ2n) is 12.5. The second kappa shape index (κ2) is 9.68. The minimum Gasteiger partial charge on any atom is -0.399 e. The molecule has 7 aromatic rings. The van der Waals surface area contributed by atoms with E-state index in [1.807, 2.05) is 11.3 Å². The van der Waals surface area contributed by atoms with E-state index in [4.69, 9.17) is 9.31 Å². The van der Waals surface area contributed by atoms with Gasteiger partial charge in [0.25, 0.3) is 0 Å². The van der Waals surface area contributed by atoms with Crippen LogP contribution in [-0.4, -0.2) is 18.3 Å². The summed E-state index contributed by atoms with van der Waals surface area (Å²) in [5.41, 5.74) is 3.64. The van der Waals surface area contributed by atoms with Gasteiger partial charge >= 0.3 is 7.12 Å². The van der Waals surface area contributed by atoms with Gasteiger partial charge in [0.1, 0.15) is 0 Å². The highest BCUT2D eigenvalue weighted by atomic mass is 32.1. The van der Waals surface area contributed by atoms with Gasteiger partial charge in [0.15, 0.2) is 0 Å². The molecule has 1 aliphatic heterocycles. The van der Waals surface area contributed by atoms with Gasteiger partial charge in [-0.2, -0.15) is 0 Å². The molecule has 5 heteroatoms. The van der Waals surface area contributed by atoms with Crippen molar-refractivity contribution in [1.82, 2.24) is 0 Å². The molecule has 210 valence electrons. The predicted octanol–water partition coefficient (Wildman–Crippen LogP) is 10.1. The number of benzene rings is 6. The van der Waals surface area contributed by atoms with Crippen molar-refractivity contribution in [2.45, 2.75) is 38.9 Å². The maximum Gasteiger partial charge on any atom is 0.495 e. The van der Waals surface area contributed by atoms with Crippen molar-refractivity contribution >= 4 is 82.7 Å². The van der Waals surface area contributed by atoms with Crippen LogP contribution in [0.1, 0.15) is 27.7 Å². The number of hydrogen-bond acceptors (Lipinski definition) is 4. The van der Waals surface area contributed by atoms with Crippen molar-refractivity contribution in [1.29, 1.82) is 0 Å². The second-order valence-corrected chi connectivity index (χ2v) is 13.6. The molecule has 0 saturated carbocycles. The maximum absolute atomic E-state index is 6.55. The third-order valence-electron chi connectivity index (χ3n) is 9.26. The molecule has 1 aromatic heterocycles. The zero-order valence-corrected chi connectivity index (χ0v) is 25.6. The van der Waals surface area contributed by atoms with E-state index < -0.39 is 18.3 Å². The van der Waals surface area contributed by atoms with Crippen molar-refractivity contribution < 1.29 is 9.31 Å². The highest BCUT2D eigenvalue weighted by Crippen LogP contribution is 2.43. The predicted molar refractivity (Wildman–Crippen MR) is 185 cm³/mol. The van der Waals surface area contributed by atoms with Crippen LogP contribution >= 0.6 is 11.3 Å². The summed E-state index contributed by atoms with van der Waals surface area (Å²) in [6, 6.07) is 43.9. The molecule has 3 nitrogen and oxygen atoms in total. The third-order valence-corrected chi connectivity index (χ3v) is 10.4. The first kappa shape index (κ1) is 26.5. The molecule has 6 aromatic carbocycles. The summed E-state index contributed by atoms with van der Waals surface area (Å²) in [5, 5.41) is 7.33. The summed E-state index contributed by atoms with van der Waals surface area (Å²) < 4.78 is 15.6. The Morgan fingerprint density at radius 3 is 1.67 bits per heavy atom. The van der Waals surface area contributed by atoms with Crippen molar-refractivity contribution in [2.24, 2.45) is 0 Å². The van der Waals surface area contributed by atoms with Crippen molar-refractivity contribution in [3.63, 3.8) is 0 Å². The van der Waals surface area contributed by atoms with Crippen LogP contribution in [0.2, 0.25) is 0 Å². The smallest absolute Gasteiger partial charge is 0.399 e. The van der Waals surface area contributed by atoms with Gasteiger partial charge in [-0.25, -0.2) is 0 Å². The monoisotopic (exact) mass is 577 g/mol. The summed E-state index contributed by atoms with van der Waals surface area (Å²) in [6.07, 6.45) is 0. The number of anilines is 3. The van der Waals surface area contributed by atoms with E-state index in [1.165, 1.54) is 41.7 Å². The summed E-state index contributed by atoms with van der Waals surface area (Å²) in [4.78, 5) is 2.37. The van der Waals surface area contributed by atoms with E-state index in [1.54, 1.807) is 0 Å². The molecule has 0 bridgehead atoms. The van der Waals surface area contributed by atoms with Crippen LogP contribution in [0.3, 0.4) is 0 Å². The van der Waals surface area contributed by atoms with Gasteiger partial charge in [-0.3, -0.25) is 0 Å². The quantitative estimate of drug-likeness (QED) is 0.194. The topological polar surface area (TPSA) is 21.7 Å². The zero-order valence-electron chi connectivity index (χ0n) is 24.8. The van der Waals surface area contributed by atoms with E-state index >= 15 is 0 Å². The molecule has 2 heterocycles. The Morgan fingerprint density at radius 2 is 1.07 bits per heavy atom. The summed E-state index contributed by atoms with van der Waals surface area (Å²) in [7, 11) is -0.424. The van der Waals surface area contributed by atoms with E-state index in [-0.39, 0.29) is 0 Å². The van der Waals surface area contributed by atoms with Crippen LogP contribution in [-0.2, 0) is 9.31 Å². The van der Waals surface area contributed by atoms with Crippen LogP contribution in [0.5, 0.6) is 0 Å². The molecular weight excluding hydrogens is 545 g/mol. The highest BCUT2D eigenvalue weighted by molar-refractivity contribution is 7.26. The van der Waals surface area contributed by atoms with Gasteiger partial charge in [-0.1, -0.05) is 72.8 Å². The maximum atomic E-state index is 6.55. The van der Waals surface area contributed by atoms with Gasteiger partial charge in [0.2, 0.25) is 0 Å². The Labute approximate surface area is 256 Å². The molecule has 1 saturated heterocycles. The van der Waals surface area contributed by atoms with Gasteiger partial charge in [0.05, 0.1) is 11.2 Å². The van der Waals surface area contributed by atoms with Gasteiger partial charge in [-0.05, 0) is 103 Å². The fourth-order valence-corrected chi connectivity index (χ4v) is 7.35. The molecule has 8 rings (SSSR count). The van der Waals surface area contributed by atoms with Gasteiger partial charge in [0, 0.05) is 37.2 Å². The average Bonchev–Trinajstić information content (AvgIpc) is 3.49. The zero-order chi connectivity index (χ0) is 29.3. The van der Waals surface area contributed by atoms with Crippen LogP contribution in [0.25, 0.3) is 41.7 Å². The average molecular weight is 578 g/mol. The number of hydrogen-bond donors (Lipinski definition) is 0. The van der Waals surface area contributed by atoms with E-state index in [9.17, 15) is 0 Å². The summed E-state index contributed by atoms with van der Waals surface area (Å²) in [6.45, 7) is 8.45. The number of nitrogens with zero attached hydrogens (tertiary/aromatic N) is 1. The van der Waals surface area contributed by atoms with Crippen molar-refractivity contribution in [3.8, 4) is 0 Å². The fraction of sp³-hybridized carbons (Fsp3) is 0.158. The van der Waals surface area contributed by atoms with Crippen molar-refractivity contribution in [3.05, 3.63) is 121 Å². The molecule has 0 atom stereocenters. The molecule has 0 amide bonds. The molecule has 0 unspecified atom stereocenters. The van der Waals surface area contributed by atoms with Crippen LogP contribution in [0, 0.1) is 0 Å². The molecule has 0 aliphatic carbocycles. The Hall–Kier alpha value is -4.16. The lowest BCUT2D eigenvalue weighted by Gasteiger charge is -2.32. The first-order chi connectivity index (χ1) is 20.8. The lowest BCUT2D eigenvalue weighted by atomic mass is 9.76. The molecule has 0 radical (unpaired) electrons. The largest absolute Gasteiger partial charge is 0.495 e. The third kappa shape index (κ3) is 4.34. The molecular formula is C38H32BNO2S. The normalized spacial score (nSPS) is 16.0. The number of thiophene rings is 1. The summed E-state index contributed by atoms with van der Waals surface area (Å²) >= 11 is 1.82. The van der Waals surface area contributed by atoms with Gasteiger partial charge in [-0.15, -0.1) is 11.3 Å². The summed E-state index contributed by atoms with van der Waals surface area (Å²) in [5.74, 6) is 0. The van der Waals surface area contributed by atoms with E-state index in [0.29, 0.717) is 0 Å². The van der Waals surface area contributed by atoms with Crippen LogP contribution in [0.4, 0.5) is 17.1 Å². The first-order valence-corrected chi connectivity index (χ1v) is 15.7. The Morgan fingerprint density at radius 1 is 0.535 bits per heavy atom. The lowest BCUT2D eigenvalue weighted by molar-refractivity contribution is 0.00578. The lowest BCUT2D eigenvalue weighted by Crippen LogP contribution is -2.41. The van der Waals surface area contributed by atoms with Gasteiger partial charge < -0.3 is 14.2 Å². The fourth-order valence-electron chi connectivity index (χ4n) is 6.23. The highest BCUT2D eigenvalue weighted by Gasteiger charge is 2.52. The van der Waals surface area contributed by atoms with Crippen molar-refractivity contribution in [2.75, 3.05) is 4.90 Å². The Bertz CT molecular complexity index is 2090. The minimum atomic E-state index is -0.424. The molecule has 43 heavy (non-hydrogen) atoms. The van der Waals surface area contributed by atoms with Crippen LogP contribution in [0.15, 0.2) is 121 Å². The Balaban J connectivity index is 1.34. The number of fused-ring (bicyclic) bond motifs is 5. The van der Waals surface area contributed by atoms with E-state index in [0.717, 1.165) is 22.5 Å². The first-order valence-electron chi connectivity index (χ1n) is 14.9. The Kier molecular flexibility index (Phi) is 5.96. The molecule has 0 N–H and O–H groups in total. The van der Waals surface area contributed by atoms with Crippen LogP contribution < -0.4 is 10.4 Å². The molecule has 1 aliphatic rings. The molecule has 0 spiro atoms. The standard InChI is InChI=1S/C38H32BNO2S/c1-37(2)38(3,4)42-39(41-37)33-14-9-15-35-36(33)32-24-31(20-21-34(32)43-35)40(29-18-16-25-10-5-7-12-27(25)22-29)30-19-17-26-11-6-8-13-28(26)23-30/h5-24H,1-4H3.